The summed E-state index contributed by atoms with van der Waals surface area (Å²) in [4.78, 5) is 26.4. The van der Waals surface area contributed by atoms with E-state index in [1.165, 1.54) is 11.3 Å². The number of thiophene rings is 1. The van der Waals surface area contributed by atoms with Gasteiger partial charge in [0.1, 0.15) is 6.61 Å². The highest BCUT2D eigenvalue weighted by molar-refractivity contribution is 7.17. The van der Waals surface area contributed by atoms with Crippen molar-refractivity contribution >= 4 is 40.4 Å². The maximum Gasteiger partial charge on any atom is 0.261 e. The fourth-order valence-electron chi connectivity index (χ4n) is 3.04. The average molecular weight is 432 g/mol. The van der Waals surface area contributed by atoms with E-state index in [9.17, 15) is 9.59 Å². The Labute approximate surface area is 176 Å². The Morgan fingerprint density at radius 3 is 2.72 bits per heavy atom. The molecule has 1 aliphatic rings. The first kappa shape index (κ1) is 19.6. The second kappa shape index (κ2) is 8.73. The number of morpholine rings is 1. The maximum atomic E-state index is 12.1. The lowest BCUT2D eigenvalue weighted by Gasteiger charge is -2.26. The summed E-state index contributed by atoms with van der Waals surface area (Å²) in [5.41, 5.74) is 2.52. The van der Waals surface area contributed by atoms with Crippen molar-refractivity contribution < 1.29 is 14.3 Å². The van der Waals surface area contributed by atoms with Gasteiger partial charge in [-0.15, -0.1) is 16.4 Å². The van der Waals surface area contributed by atoms with E-state index in [2.05, 4.69) is 15.6 Å². The molecule has 3 aromatic rings. The first-order valence-electron chi connectivity index (χ1n) is 9.03. The molecule has 0 radical (unpaired) electrons. The molecule has 1 aliphatic heterocycles. The van der Waals surface area contributed by atoms with Crippen LogP contribution >= 0.6 is 22.9 Å². The number of ether oxygens (including phenoxy) is 1. The van der Waals surface area contributed by atoms with Crippen LogP contribution < -0.4 is 10.2 Å². The number of halogens is 1. The number of rotatable bonds is 6. The normalized spacial score (nSPS) is 14.2. The Hall–Kier alpha value is -2.75. The fraction of sp³-hybridized carbons (Fsp3) is 0.263. The average Bonchev–Trinajstić information content (AvgIpc) is 3.38. The molecule has 1 aromatic carbocycles. The van der Waals surface area contributed by atoms with Crippen LogP contribution in [0.15, 0.2) is 42.6 Å². The van der Waals surface area contributed by atoms with E-state index in [4.69, 9.17) is 16.3 Å². The summed E-state index contributed by atoms with van der Waals surface area (Å²) in [6.07, 6.45) is 2.25. The van der Waals surface area contributed by atoms with Gasteiger partial charge >= 0.3 is 0 Å². The first-order chi connectivity index (χ1) is 14.1. The van der Waals surface area contributed by atoms with E-state index in [1.54, 1.807) is 27.9 Å². The van der Waals surface area contributed by atoms with Crippen molar-refractivity contribution in [1.82, 2.24) is 20.3 Å². The maximum absolute atomic E-state index is 12.1. The van der Waals surface area contributed by atoms with Gasteiger partial charge in [0.15, 0.2) is 0 Å². The Bertz CT molecular complexity index is 1020. The first-order valence-corrected chi connectivity index (χ1v) is 10.2. The quantitative estimate of drug-likeness (QED) is 0.647. The molecule has 1 N–H and O–H groups in total. The second-order valence-electron chi connectivity index (χ2n) is 6.36. The summed E-state index contributed by atoms with van der Waals surface area (Å²) in [5, 5.41) is 11.0. The zero-order chi connectivity index (χ0) is 20.2. The van der Waals surface area contributed by atoms with Crippen molar-refractivity contribution in [2.75, 3.05) is 31.2 Å². The molecule has 0 saturated carbocycles. The molecule has 4 rings (SSSR count). The molecule has 0 bridgehead atoms. The molecular weight excluding hydrogens is 414 g/mol. The Balaban J connectivity index is 1.39. The van der Waals surface area contributed by atoms with Crippen molar-refractivity contribution in [3.63, 3.8) is 0 Å². The fourth-order valence-corrected chi connectivity index (χ4v) is 4.00. The van der Waals surface area contributed by atoms with E-state index in [0.717, 1.165) is 17.1 Å². The van der Waals surface area contributed by atoms with Crippen molar-refractivity contribution in [3.8, 4) is 5.69 Å². The van der Waals surface area contributed by atoms with E-state index >= 15 is 0 Å². The number of amides is 2. The summed E-state index contributed by atoms with van der Waals surface area (Å²) in [6, 6.07) is 11.0. The molecule has 3 heterocycles. The Kier molecular flexibility index (Phi) is 5.89. The Morgan fingerprint density at radius 1 is 1.21 bits per heavy atom. The molecule has 2 aromatic heterocycles. The van der Waals surface area contributed by atoms with Crippen molar-refractivity contribution in [2.45, 2.75) is 6.42 Å². The summed E-state index contributed by atoms with van der Waals surface area (Å²) in [5.74, 6) is -0.200. The molecule has 0 aliphatic carbocycles. The van der Waals surface area contributed by atoms with E-state index in [0.29, 0.717) is 35.3 Å². The molecule has 1 saturated heterocycles. The van der Waals surface area contributed by atoms with Crippen molar-refractivity contribution in [3.05, 3.63) is 57.5 Å². The van der Waals surface area contributed by atoms with Crippen LogP contribution in [-0.2, 0) is 16.0 Å². The molecule has 2 amide bonds. The number of benzene rings is 1. The number of hydrogen-bond acceptors (Lipinski definition) is 6. The lowest BCUT2D eigenvalue weighted by molar-refractivity contribution is -0.125. The van der Waals surface area contributed by atoms with Crippen molar-refractivity contribution in [1.29, 1.82) is 0 Å². The number of nitrogens with zero attached hydrogens (tertiary/aromatic N) is 4. The SMILES string of the molecule is O=C(NCCc1cnnn1-c1ccc(N2CCOCC2=O)cc1)c1ccc(Cl)s1. The van der Waals surface area contributed by atoms with Crippen LogP contribution in [0, 0.1) is 0 Å². The van der Waals surface area contributed by atoms with E-state index < -0.39 is 0 Å². The van der Waals surface area contributed by atoms with E-state index in [1.807, 2.05) is 24.3 Å². The number of hydrogen-bond donors (Lipinski definition) is 1. The van der Waals surface area contributed by atoms with Gasteiger partial charge in [-0.2, -0.15) is 0 Å². The zero-order valence-electron chi connectivity index (χ0n) is 15.4. The third kappa shape index (κ3) is 4.47. The largest absolute Gasteiger partial charge is 0.370 e. The predicted molar refractivity (Wildman–Crippen MR) is 110 cm³/mol. The highest BCUT2D eigenvalue weighted by Crippen LogP contribution is 2.21. The minimum absolute atomic E-state index is 0.0479. The highest BCUT2D eigenvalue weighted by atomic mass is 35.5. The minimum Gasteiger partial charge on any atom is -0.370 e. The molecule has 10 heteroatoms. The van der Waals surface area contributed by atoms with Crippen LogP contribution in [0.25, 0.3) is 5.69 Å². The van der Waals surface area contributed by atoms with Gasteiger partial charge in [0.25, 0.3) is 11.8 Å². The number of carbonyl (C=O) groups excluding carboxylic acids is 2. The molecule has 0 atom stereocenters. The molecule has 29 heavy (non-hydrogen) atoms. The highest BCUT2D eigenvalue weighted by Gasteiger charge is 2.20. The topological polar surface area (TPSA) is 89.3 Å². The van der Waals surface area contributed by atoms with Crippen molar-refractivity contribution in [2.24, 2.45) is 0 Å². The summed E-state index contributed by atoms with van der Waals surface area (Å²) in [6.45, 7) is 1.63. The summed E-state index contributed by atoms with van der Waals surface area (Å²) < 4.78 is 7.47. The van der Waals surface area contributed by atoms with E-state index in [-0.39, 0.29) is 18.4 Å². The monoisotopic (exact) mass is 431 g/mol. The van der Waals surface area contributed by atoms with Gasteiger partial charge in [-0.3, -0.25) is 9.59 Å². The Morgan fingerprint density at radius 2 is 2.00 bits per heavy atom. The lowest BCUT2D eigenvalue weighted by atomic mass is 10.2. The number of aromatic nitrogens is 3. The van der Waals surface area contributed by atoms with Gasteiger partial charge in [-0.1, -0.05) is 16.8 Å². The number of nitrogens with one attached hydrogen (secondary N) is 1. The third-order valence-electron chi connectivity index (χ3n) is 4.48. The van der Waals surface area contributed by atoms with Crippen LogP contribution in [0.3, 0.4) is 0 Å². The van der Waals surface area contributed by atoms with Crippen LogP contribution in [0.2, 0.25) is 4.34 Å². The minimum atomic E-state index is -0.152. The molecular formula is C19H18ClN5O3S. The lowest BCUT2D eigenvalue weighted by Crippen LogP contribution is -2.41. The standard InChI is InChI=1S/C19H18ClN5O3S/c20-17-6-5-16(29-17)19(27)21-8-7-15-11-22-23-25(15)14-3-1-13(2-4-14)24-9-10-28-12-18(24)26/h1-6,11H,7-10,12H2,(H,21,27). The van der Waals surface area contributed by atoms with Crippen LogP contribution in [0.5, 0.6) is 0 Å². The number of anilines is 1. The second-order valence-corrected chi connectivity index (χ2v) is 8.08. The molecule has 8 nitrogen and oxygen atoms in total. The smallest absolute Gasteiger partial charge is 0.261 e. The van der Waals surface area contributed by atoms with Crippen LogP contribution in [-0.4, -0.2) is 53.1 Å². The molecule has 150 valence electrons. The molecule has 1 fully saturated rings. The van der Waals surface area contributed by atoms with Gasteiger partial charge in [-0.05, 0) is 36.4 Å². The predicted octanol–water partition coefficient (Wildman–Crippen LogP) is 2.32. The molecule has 0 spiro atoms. The summed E-state index contributed by atoms with van der Waals surface area (Å²) in [7, 11) is 0. The van der Waals surface area contributed by atoms with Crippen LogP contribution in [0.4, 0.5) is 5.69 Å². The van der Waals surface area contributed by atoms with Gasteiger partial charge in [0, 0.05) is 25.2 Å². The van der Waals surface area contributed by atoms with Gasteiger partial charge in [0.2, 0.25) is 0 Å². The van der Waals surface area contributed by atoms with Gasteiger partial charge in [-0.25, -0.2) is 4.68 Å². The third-order valence-corrected chi connectivity index (χ3v) is 5.71. The van der Waals surface area contributed by atoms with Crippen LogP contribution in [0.1, 0.15) is 15.4 Å². The zero-order valence-corrected chi connectivity index (χ0v) is 16.9. The summed E-state index contributed by atoms with van der Waals surface area (Å²) >= 11 is 7.11. The van der Waals surface area contributed by atoms with Gasteiger partial charge < -0.3 is 15.0 Å². The van der Waals surface area contributed by atoms with Gasteiger partial charge in [0.05, 0.1) is 33.4 Å². The number of carbonyl (C=O) groups is 2. The molecule has 0 unspecified atom stereocenters.